The lowest BCUT2D eigenvalue weighted by molar-refractivity contribution is 0.701. The Morgan fingerprint density at radius 2 is 1.83 bits per heavy atom. The van der Waals surface area contributed by atoms with Crippen molar-refractivity contribution in [2.45, 2.75) is 31.6 Å². The topological polar surface area (TPSA) is 38.9 Å². The Labute approximate surface area is 116 Å². The molecule has 2 N–H and O–H groups in total. The number of rotatable bonds is 1. The molecule has 94 valence electrons. The van der Waals surface area contributed by atoms with Crippen molar-refractivity contribution in [3.05, 3.63) is 33.9 Å². The molecule has 1 aromatic carbocycles. The lowest BCUT2D eigenvalue weighted by Crippen LogP contribution is -2.00. The average Bonchev–Trinajstić information content (AvgIpc) is 2.80. The van der Waals surface area contributed by atoms with Gasteiger partial charge in [-0.3, -0.25) is 4.98 Å². The maximum atomic E-state index is 6.18. The molecule has 0 spiro atoms. The predicted octanol–water partition coefficient (Wildman–Crippen LogP) is 4.78. The van der Waals surface area contributed by atoms with Crippen molar-refractivity contribution in [3.8, 4) is 0 Å². The zero-order valence-corrected chi connectivity index (χ0v) is 11.4. The minimum atomic E-state index is 0.537. The molecule has 2 aromatic rings. The molecule has 1 heterocycles. The van der Waals surface area contributed by atoms with Crippen molar-refractivity contribution in [1.29, 1.82) is 0 Å². The van der Waals surface area contributed by atoms with Crippen LogP contribution in [0.25, 0.3) is 10.9 Å². The SMILES string of the molecule is Nc1cc(C2CCCC2)nc2cc(Cl)cc(Cl)c12. The zero-order valence-electron chi connectivity index (χ0n) is 9.92. The third kappa shape index (κ3) is 2.04. The Bertz CT molecular complexity index is 604. The smallest absolute Gasteiger partial charge is 0.0756 e. The van der Waals surface area contributed by atoms with Crippen LogP contribution in [-0.4, -0.2) is 4.98 Å². The van der Waals surface area contributed by atoms with Gasteiger partial charge in [0.2, 0.25) is 0 Å². The maximum Gasteiger partial charge on any atom is 0.0756 e. The minimum Gasteiger partial charge on any atom is -0.398 e. The van der Waals surface area contributed by atoms with E-state index in [4.69, 9.17) is 33.9 Å². The molecule has 1 saturated carbocycles. The molecule has 3 rings (SSSR count). The van der Waals surface area contributed by atoms with Crippen molar-refractivity contribution in [1.82, 2.24) is 4.98 Å². The van der Waals surface area contributed by atoms with Crippen LogP contribution in [0.15, 0.2) is 18.2 Å². The van der Waals surface area contributed by atoms with Gasteiger partial charge in [-0.2, -0.15) is 0 Å². The summed E-state index contributed by atoms with van der Waals surface area (Å²) in [5.74, 6) is 0.537. The molecule has 18 heavy (non-hydrogen) atoms. The van der Waals surface area contributed by atoms with Crippen molar-refractivity contribution in [2.75, 3.05) is 5.73 Å². The van der Waals surface area contributed by atoms with E-state index in [1.807, 2.05) is 12.1 Å². The molecule has 2 nitrogen and oxygen atoms in total. The molecule has 1 aromatic heterocycles. The van der Waals surface area contributed by atoms with Crippen molar-refractivity contribution >= 4 is 39.8 Å². The van der Waals surface area contributed by atoms with Gasteiger partial charge in [0.1, 0.15) is 0 Å². The van der Waals surface area contributed by atoms with E-state index >= 15 is 0 Å². The summed E-state index contributed by atoms with van der Waals surface area (Å²) in [6.07, 6.45) is 4.96. The molecule has 0 unspecified atom stereocenters. The van der Waals surface area contributed by atoms with Gasteiger partial charge in [0.25, 0.3) is 0 Å². The van der Waals surface area contributed by atoms with E-state index in [0.29, 0.717) is 21.7 Å². The van der Waals surface area contributed by atoms with Crippen LogP contribution >= 0.6 is 23.2 Å². The molecular formula is C14H14Cl2N2. The van der Waals surface area contributed by atoms with Crippen molar-refractivity contribution < 1.29 is 0 Å². The molecule has 0 amide bonds. The van der Waals surface area contributed by atoms with Gasteiger partial charge < -0.3 is 5.73 Å². The summed E-state index contributed by atoms with van der Waals surface area (Å²) in [5, 5.41) is 1.98. The standard InChI is InChI=1S/C14H14Cl2N2/c15-9-5-10(16)14-11(17)7-12(18-13(14)6-9)8-3-1-2-4-8/h5-8H,1-4H2,(H2,17,18). The highest BCUT2D eigenvalue weighted by Gasteiger charge is 2.20. The molecule has 0 atom stereocenters. The number of fused-ring (bicyclic) bond motifs is 1. The van der Waals surface area contributed by atoms with E-state index in [-0.39, 0.29) is 0 Å². The van der Waals surface area contributed by atoms with Crippen LogP contribution in [0, 0.1) is 0 Å². The second-order valence-corrected chi connectivity index (χ2v) is 5.74. The number of hydrogen-bond donors (Lipinski definition) is 1. The molecule has 0 saturated heterocycles. The molecule has 1 aliphatic carbocycles. The van der Waals surface area contributed by atoms with E-state index in [9.17, 15) is 0 Å². The fourth-order valence-electron chi connectivity index (χ4n) is 2.77. The van der Waals surface area contributed by atoms with Crippen LogP contribution < -0.4 is 5.73 Å². The third-order valence-electron chi connectivity index (χ3n) is 3.65. The first-order valence-electron chi connectivity index (χ1n) is 6.20. The van der Waals surface area contributed by atoms with E-state index in [0.717, 1.165) is 16.6 Å². The monoisotopic (exact) mass is 280 g/mol. The Morgan fingerprint density at radius 1 is 1.11 bits per heavy atom. The summed E-state index contributed by atoms with van der Waals surface area (Å²) in [6, 6.07) is 5.51. The van der Waals surface area contributed by atoms with Crippen LogP contribution in [0.3, 0.4) is 0 Å². The fourth-order valence-corrected chi connectivity index (χ4v) is 3.36. The molecule has 0 bridgehead atoms. The number of nitrogens with zero attached hydrogens (tertiary/aromatic N) is 1. The second kappa shape index (κ2) is 4.60. The van der Waals surface area contributed by atoms with Crippen LogP contribution in [0.1, 0.15) is 37.3 Å². The first kappa shape index (κ1) is 12.1. The summed E-state index contributed by atoms with van der Waals surface area (Å²) >= 11 is 12.2. The quantitative estimate of drug-likeness (QED) is 0.816. The van der Waals surface area contributed by atoms with Gasteiger partial charge in [0.15, 0.2) is 0 Å². The number of anilines is 1. The summed E-state index contributed by atoms with van der Waals surface area (Å²) in [7, 11) is 0. The van der Waals surface area contributed by atoms with E-state index < -0.39 is 0 Å². The van der Waals surface area contributed by atoms with Gasteiger partial charge in [-0.25, -0.2) is 0 Å². The summed E-state index contributed by atoms with van der Waals surface area (Å²) in [5.41, 5.74) is 8.69. The van der Waals surface area contributed by atoms with Crippen molar-refractivity contribution in [3.63, 3.8) is 0 Å². The van der Waals surface area contributed by atoms with Gasteiger partial charge in [0, 0.05) is 27.7 Å². The van der Waals surface area contributed by atoms with E-state index in [1.165, 1.54) is 25.7 Å². The van der Waals surface area contributed by atoms with Gasteiger partial charge in [-0.1, -0.05) is 36.0 Å². The van der Waals surface area contributed by atoms with Crippen LogP contribution in [0.4, 0.5) is 5.69 Å². The molecule has 1 fully saturated rings. The molecular weight excluding hydrogens is 267 g/mol. The van der Waals surface area contributed by atoms with Crippen LogP contribution in [0.2, 0.25) is 10.0 Å². The van der Waals surface area contributed by atoms with Gasteiger partial charge in [0.05, 0.1) is 10.5 Å². The largest absolute Gasteiger partial charge is 0.398 e. The third-order valence-corrected chi connectivity index (χ3v) is 4.17. The average molecular weight is 281 g/mol. The minimum absolute atomic E-state index is 0.537. The van der Waals surface area contributed by atoms with Crippen molar-refractivity contribution in [2.24, 2.45) is 0 Å². The van der Waals surface area contributed by atoms with E-state index in [1.54, 1.807) is 6.07 Å². The number of pyridine rings is 1. The number of nitrogens with two attached hydrogens (primary N) is 1. The lowest BCUT2D eigenvalue weighted by atomic mass is 10.0. The highest BCUT2D eigenvalue weighted by atomic mass is 35.5. The second-order valence-electron chi connectivity index (χ2n) is 4.90. The Kier molecular flexibility index (Phi) is 3.08. The highest BCUT2D eigenvalue weighted by Crippen LogP contribution is 2.37. The highest BCUT2D eigenvalue weighted by molar-refractivity contribution is 6.39. The van der Waals surface area contributed by atoms with Gasteiger partial charge >= 0.3 is 0 Å². The summed E-state index contributed by atoms with van der Waals surface area (Å²) in [6.45, 7) is 0. The maximum absolute atomic E-state index is 6.18. The lowest BCUT2D eigenvalue weighted by Gasteiger charge is -2.12. The number of nitrogen functional groups attached to an aromatic ring is 1. The molecule has 4 heteroatoms. The first-order valence-corrected chi connectivity index (χ1v) is 6.96. The number of aromatic nitrogens is 1. The number of benzene rings is 1. The summed E-state index contributed by atoms with van der Waals surface area (Å²) < 4.78 is 0. The number of halogens is 2. The van der Waals surface area contributed by atoms with Gasteiger partial charge in [-0.05, 0) is 31.0 Å². The number of hydrogen-bond acceptors (Lipinski definition) is 2. The molecule has 0 aliphatic heterocycles. The normalized spacial score (nSPS) is 16.6. The molecule has 1 aliphatic rings. The zero-order chi connectivity index (χ0) is 12.7. The van der Waals surface area contributed by atoms with Gasteiger partial charge in [-0.15, -0.1) is 0 Å². The Hall–Kier alpha value is -0.990. The Balaban J connectivity index is 2.19. The first-order chi connectivity index (χ1) is 8.65. The van der Waals surface area contributed by atoms with Crippen LogP contribution in [0.5, 0.6) is 0 Å². The predicted molar refractivity (Wildman–Crippen MR) is 77.4 cm³/mol. The summed E-state index contributed by atoms with van der Waals surface area (Å²) in [4.78, 5) is 4.69. The fraction of sp³-hybridized carbons (Fsp3) is 0.357. The Morgan fingerprint density at radius 3 is 2.56 bits per heavy atom. The van der Waals surface area contributed by atoms with E-state index in [2.05, 4.69) is 0 Å². The van der Waals surface area contributed by atoms with Crippen LogP contribution in [-0.2, 0) is 0 Å². The molecule has 0 radical (unpaired) electrons.